The van der Waals surface area contributed by atoms with Crippen LogP contribution in [0.25, 0.3) is 0 Å². The van der Waals surface area contributed by atoms with Crippen LogP contribution in [-0.2, 0) is 32.5 Å². The van der Waals surface area contributed by atoms with Crippen LogP contribution in [0.1, 0.15) is 27.9 Å². The summed E-state index contributed by atoms with van der Waals surface area (Å²) in [5, 5.41) is 10.9. The third-order valence-corrected chi connectivity index (χ3v) is 5.29. The summed E-state index contributed by atoms with van der Waals surface area (Å²) in [4.78, 5) is 36.9. The lowest BCUT2D eigenvalue weighted by molar-refractivity contribution is -0.384. The molecule has 2 aromatic carbocycles. The van der Waals surface area contributed by atoms with E-state index < -0.39 is 28.3 Å². The maximum Gasteiger partial charge on any atom is 0.338 e. The lowest BCUT2D eigenvalue weighted by Crippen LogP contribution is -2.38. The van der Waals surface area contributed by atoms with Crippen LogP contribution in [0.4, 0.5) is 11.4 Å². The summed E-state index contributed by atoms with van der Waals surface area (Å²) in [6, 6.07) is 11.0. The number of ether oxygens (including phenoxy) is 1. The maximum absolute atomic E-state index is 12.6. The van der Waals surface area contributed by atoms with E-state index >= 15 is 0 Å². The number of amides is 1. The van der Waals surface area contributed by atoms with Crippen molar-refractivity contribution in [3.63, 3.8) is 0 Å². The molecule has 1 unspecified atom stereocenters. The first kappa shape index (κ1) is 20.7. The number of nitro groups is 1. The zero-order valence-electron chi connectivity index (χ0n) is 15.8. The van der Waals surface area contributed by atoms with Gasteiger partial charge < -0.3 is 9.64 Å². The number of rotatable bonds is 6. The molecule has 2 aromatic rings. The third-order valence-electron chi connectivity index (χ3n) is 4.55. The van der Waals surface area contributed by atoms with Gasteiger partial charge >= 0.3 is 5.97 Å². The minimum absolute atomic E-state index is 0.0163. The number of carbonyl (C=O) groups excluding carboxylic acids is 2. The van der Waals surface area contributed by atoms with Crippen molar-refractivity contribution in [2.24, 2.45) is 0 Å². The number of hydrogen-bond donors (Lipinski definition) is 0. The zero-order valence-corrected chi connectivity index (χ0v) is 16.6. The molecule has 1 heterocycles. The topological polar surface area (TPSA) is 107 Å². The molecule has 0 saturated carbocycles. The lowest BCUT2D eigenvalue weighted by Gasteiger charge is -2.29. The molecule has 1 aliphatic rings. The number of benzene rings is 2. The van der Waals surface area contributed by atoms with Gasteiger partial charge in [0, 0.05) is 47.2 Å². The number of carbonyl (C=O) groups is 2. The van der Waals surface area contributed by atoms with Gasteiger partial charge in [0.25, 0.3) is 11.6 Å². The molecule has 1 atom stereocenters. The molecule has 9 heteroatoms. The molecule has 0 fully saturated rings. The van der Waals surface area contributed by atoms with Crippen LogP contribution in [0.15, 0.2) is 42.5 Å². The highest BCUT2D eigenvalue weighted by atomic mass is 32.2. The van der Waals surface area contributed by atoms with E-state index in [2.05, 4.69) is 0 Å². The summed E-state index contributed by atoms with van der Waals surface area (Å²) in [6.07, 6.45) is 2.89. The highest BCUT2D eigenvalue weighted by Crippen LogP contribution is 2.30. The number of non-ortho nitro benzene ring substituents is 1. The molecule has 0 aromatic heterocycles. The normalized spacial score (nSPS) is 14.0. The molecular formula is C20H20N2O6S. The van der Waals surface area contributed by atoms with Gasteiger partial charge in [0.2, 0.25) is 0 Å². The Morgan fingerprint density at radius 2 is 2.03 bits per heavy atom. The molecule has 0 spiro atoms. The quantitative estimate of drug-likeness (QED) is 0.407. The molecule has 152 valence electrons. The van der Waals surface area contributed by atoms with Crippen molar-refractivity contribution in [2.45, 2.75) is 18.6 Å². The van der Waals surface area contributed by atoms with Gasteiger partial charge in [0.15, 0.2) is 6.61 Å². The Labute approximate surface area is 170 Å². The monoisotopic (exact) mass is 416 g/mol. The van der Waals surface area contributed by atoms with Crippen LogP contribution in [0.5, 0.6) is 0 Å². The van der Waals surface area contributed by atoms with E-state index in [1.807, 2.05) is 0 Å². The summed E-state index contributed by atoms with van der Waals surface area (Å²) in [6.45, 7) is 0.0260. The molecule has 0 saturated heterocycles. The van der Waals surface area contributed by atoms with Crippen LogP contribution < -0.4 is 4.90 Å². The van der Waals surface area contributed by atoms with Gasteiger partial charge in [-0.15, -0.1) is 0 Å². The van der Waals surface area contributed by atoms with Crippen LogP contribution in [-0.4, -0.2) is 40.4 Å². The van der Waals surface area contributed by atoms with Crippen molar-refractivity contribution < 1.29 is 23.5 Å². The number of nitrogens with zero attached hydrogens (tertiary/aromatic N) is 2. The fourth-order valence-electron chi connectivity index (χ4n) is 3.27. The number of esters is 1. The Morgan fingerprint density at radius 1 is 1.24 bits per heavy atom. The van der Waals surface area contributed by atoms with Gasteiger partial charge in [-0.2, -0.15) is 0 Å². The smallest absolute Gasteiger partial charge is 0.338 e. The van der Waals surface area contributed by atoms with Gasteiger partial charge in [-0.25, -0.2) is 4.79 Å². The van der Waals surface area contributed by atoms with Crippen molar-refractivity contribution in [1.82, 2.24) is 0 Å². The summed E-state index contributed by atoms with van der Waals surface area (Å²) in [7, 11) is -1.03. The Morgan fingerprint density at radius 3 is 2.76 bits per heavy atom. The number of hydrogen-bond acceptors (Lipinski definition) is 6. The molecule has 0 N–H and O–H groups in total. The van der Waals surface area contributed by atoms with E-state index in [0.717, 1.165) is 11.1 Å². The Balaban J connectivity index is 1.67. The van der Waals surface area contributed by atoms with Gasteiger partial charge in [-0.3, -0.25) is 19.1 Å². The number of aryl methyl sites for hydroxylation is 1. The minimum atomic E-state index is -1.03. The Bertz CT molecular complexity index is 991. The fourth-order valence-corrected chi connectivity index (χ4v) is 3.92. The van der Waals surface area contributed by atoms with Crippen LogP contribution in [0.2, 0.25) is 0 Å². The molecule has 0 radical (unpaired) electrons. The molecule has 1 amide bonds. The van der Waals surface area contributed by atoms with Crippen molar-refractivity contribution in [1.29, 1.82) is 0 Å². The zero-order chi connectivity index (χ0) is 21.0. The second-order valence-electron chi connectivity index (χ2n) is 6.71. The van der Waals surface area contributed by atoms with Crippen molar-refractivity contribution in [2.75, 3.05) is 24.3 Å². The third kappa shape index (κ3) is 5.05. The average molecular weight is 416 g/mol. The second kappa shape index (κ2) is 8.95. The molecular weight excluding hydrogens is 396 g/mol. The molecule has 8 nitrogen and oxygen atoms in total. The van der Waals surface area contributed by atoms with E-state index in [4.69, 9.17) is 4.74 Å². The Kier molecular flexibility index (Phi) is 6.38. The second-order valence-corrected chi connectivity index (χ2v) is 8.15. The van der Waals surface area contributed by atoms with Gasteiger partial charge in [-0.05, 0) is 42.2 Å². The van der Waals surface area contributed by atoms with Gasteiger partial charge in [-0.1, -0.05) is 12.1 Å². The first-order valence-corrected chi connectivity index (χ1v) is 10.7. The SMILES string of the molecule is CS(=O)Cc1cccc(C(=O)OCC(=O)N2CCCc3cc([N+](=O)[O-])ccc32)c1. The molecule has 3 rings (SSSR count). The van der Waals surface area contributed by atoms with E-state index in [-0.39, 0.29) is 17.2 Å². The lowest BCUT2D eigenvalue weighted by atomic mass is 10.0. The molecule has 0 bridgehead atoms. The first-order valence-electron chi connectivity index (χ1n) is 8.99. The number of anilines is 1. The predicted molar refractivity (Wildman–Crippen MR) is 108 cm³/mol. The predicted octanol–water partition coefficient (Wildman–Crippen LogP) is 2.61. The highest BCUT2D eigenvalue weighted by molar-refractivity contribution is 7.83. The molecule has 0 aliphatic carbocycles. The van der Waals surface area contributed by atoms with Crippen LogP contribution in [0, 0.1) is 10.1 Å². The largest absolute Gasteiger partial charge is 0.452 e. The average Bonchev–Trinajstić information content (AvgIpc) is 2.70. The maximum atomic E-state index is 12.6. The molecule has 1 aliphatic heterocycles. The van der Waals surface area contributed by atoms with Crippen LogP contribution in [0.3, 0.4) is 0 Å². The number of fused-ring (bicyclic) bond motifs is 1. The van der Waals surface area contributed by atoms with Crippen molar-refractivity contribution in [3.8, 4) is 0 Å². The van der Waals surface area contributed by atoms with E-state index in [1.165, 1.54) is 17.0 Å². The number of nitro benzene ring substituents is 1. The van der Waals surface area contributed by atoms with E-state index in [0.29, 0.717) is 30.8 Å². The fraction of sp³-hybridized carbons (Fsp3) is 0.300. The van der Waals surface area contributed by atoms with Crippen molar-refractivity contribution >= 4 is 34.1 Å². The summed E-state index contributed by atoms with van der Waals surface area (Å²) in [5.41, 5.74) is 2.35. The van der Waals surface area contributed by atoms with E-state index in [1.54, 1.807) is 36.6 Å². The Hall–Kier alpha value is -3.07. The van der Waals surface area contributed by atoms with Gasteiger partial charge in [0.1, 0.15) is 0 Å². The van der Waals surface area contributed by atoms with E-state index in [9.17, 15) is 23.9 Å². The summed E-state index contributed by atoms with van der Waals surface area (Å²) in [5.74, 6) is -0.696. The highest BCUT2D eigenvalue weighted by Gasteiger charge is 2.25. The van der Waals surface area contributed by atoms with Crippen molar-refractivity contribution in [3.05, 3.63) is 69.3 Å². The standard InChI is InChI=1S/C20H20N2O6S/c1-29(27)13-14-4-2-5-16(10-14)20(24)28-12-19(23)21-9-3-6-15-11-17(22(25)26)7-8-18(15)21/h2,4-5,7-8,10-11H,3,6,9,12-13H2,1H3. The molecule has 29 heavy (non-hydrogen) atoms. The summed E-state index contributed by atoms with van der Waals surface area (Å²) < 4.78 is 16.5. The van der Waals surface area contributed by atoms with Gasteiger partial charge in [0.05, 0.1) is 10.5 Å². The summed E-state index contributed by atoms with van der Waals surface area (Å²) >= 11 is 0. The minimum Gasteiger partial charge on any atom is -0.452 e. The first-order chi connectivity index (χ1) is 13.8. The van der Waals surface area contributed by atoms with Crippen LogP contribution >= 0.6 is 0 Å².